The summed E-state index contributed by atoms with van der Waals surface area (Å²) in [6, 6.07) is 6.60. The molecule has 3 nitrogen and oxygen atoms in total. The second kappa shape index (κ2) is 4.80. The number of benzene rings is 1. The van der Waals surface area contributed by atoms with E-state index in [1.165, 1.54) is 25.0 Å². The lowest BCUT2D eigenvalue weighted by molar-refractivity contribution is 0.506. The van der Waals surface area contributed by atoms with Crippen LogP contribution >= 0.6 is 0 Å². The summed E-state index contributed by atoms with van der Waals surface area (Å²) in [7, 11) is 0. The van der Waals surface area contributed by atoms with Gasteiger partial charge in [0, 0.05) is 31.5 Å². The molecule has 1 aromatic carbocycles. The van der Waals surface area contributed by atoms with E-state index in [2.05, 4.69) is 14.8 Å². The summed E-state index contributed by atoms with van der Waals surface area (Å²) in [6.07, 6.45) is 6.32. The van der Waals surface area contributed by atoms with Crippen LogP contribution in [0.15, 0.2) is 41.5 Å². The minimum absolute atomic E-state index is 0.203. The van der Waals surface area contributed by atoms with E-state index < -0.39 is 0 Å². The predicted molar refractivity (Wildman–Crippen MR) is 71.1 cm³/mol. The summed E-state index contributed by atoms with van der Waals surface area (Å²) < 4.78 is 13.0. The Labute approximate surface area is 106 Å². The molecule has 0 saturated carbocycles. The maximum Gasteiger partial charge on any atom is 0.206 e. The Hall–Kier alpha value is -1.84. The first kappa shape index (κ1) is 11.3. The second-order valence-electron chi connectivity index (χ2n) is 4.60. The highest BCUT2D eigenvalue weighted by atomic mass is 19.1. The summed E-state index contributed by atoms with van der Waals surface area (Å²) in [5.74, 6) is 0.785. The average Bonchev–Trinajstić information content (AvgIpc) is 2.93. The number of guanidine groups is 1. The first-order valence-electron chi connectivity index (χ1n) is 6.35. The van der Waals surface area contributed by atoms with Gasteiger partial charge in [-0.1, -0.05) is 0 Å². The summed E-state index contributed by atoms with van der Waals surface area (Å²) >= 11 is 0. The van der Waals surface area contributed by atoms with Crippen LogP contribution in [0.2, 0.25) is 0 Å². The summed E-state index contributed by atoms with van der Waals surface area (Å²) in [4.78, 5) is 8.91. The number of hydrogen-bond acceptors (Lipinski definition) is 3. The van der Waals surface area contributed by atoms with E-state index in [1.807, 2.05) is 12.3 Å². The van der Waals surface area contributed by atoms with Crippen molar-refractivity contribution in [1.29, 1.82) is 0 Å². The smallest absolute Gasteiger partial charge is 0.206 e. The number of anilines is 1. The summed E-state index contributed by atoms with van der Waals surface area (Å²) in [5.41, 5.74) is 0.992. The lowest BCUT2D eigenvalue weighted by Crippen LogP contribution is -2.44. The first-order valence-corrected chi connectivity index (χ1v) is 6.35. The molecule has 0 amide bonds. The van der Waals surface area contributed by atoms with Gasteiger partial charge in [-0.05, 0) is 43.2 Å². The van der Waals surface area contributed by atoms with Gasteiger partial charge >= 0.3 is 0 Å². The van der Waals surface area contributed by atoms with E-state index in [1.54, 1.807) is 12.1 Å². The Morgan fingerprint density at radius 3 is 2.50 bits per heavy atom. The third kappa shape index (κ3) is 2.10. The molecule has 0 aliphatic carbocycles. The quantitative estimate of drug-likeness (QED) is 0.757. The van der Waals surface area contributed by atoms with Crippen LogP contribution in [0.1, 0.15) is 12.8 Å². The van der Waals surface area contributed by atoms with Gasteiger partial charge in [-0.3, -0.25) is 0 Å². The summed E-state index contributed by atoms with van der Waals surface area (Å²) in [6.45, 7) is 2.91. The van der Waals surface area contributed by atoms with Gasteiger partial charge in [-0.2, -0.15) is 0 Å². The maximum absolute atomic E-state index is 13.0. The van der Waals surface area contributed by atoms with Gasteiger partial charge in [-0.15, -0.1) is 0 Å². The van der Waals surface area contributed by atoms with Crippen LogP contribution in [0.5, 0.6) is 0 Å². The highest BCUT2D eigenvalue weighted by Gasteiger charge is 2.23. The van der Waals surface area contributed by atoms with Crippen LogP contribution in [0.25, 0.3) is 0 Å². The molecule has 18 heavy (non-hydrogen) atoms. The van der Waals surface area contributed by atoms with Crippen molar-refractivity contribution < 1.29 is 4.39 Å². The van der Waals surface area contributed by atoms with Gasteiger partial charge in [-0.25, -0.2) is 9.38 Å². The number of halogens is 1. The van der Waals surface area contributed by atoms with Gasteiger partial charge in [0.15, 0.2) is 0 Å². The van der Waals surface area contributed by atoms with E-state index in [0.29, 0.717) is 0 Å². The molecule has 4 heteroatoms. The molecule has 0 unspecified atom stereocenters. The van der Waals surface area contributed by atoms with Crippen LogP contribution in [0, 0.1) is 5.82 Å². The average molecular weight is 245 g/mol. The fourth-order valence-electron chi connectivity index (χ4n) is 2.43. The van der Waals surface area contributed by atoms with Crippen molar-refractivity contribution in [2.24, 2.45) is 4.99 Å². The van der Waals surface area contributed by atoms with Crippen LogP contribution in [-0.2, 0) is 0 Å². The topological polar surface area (TPSA) is 18.8 Å². The first-order chi connectivity index (χ1) is 8.84. The molecule has 3 rings (SSSR count). The molecule has 94 valence electrons. The number of hydrogen-bond donors (Lipinski definition) is 0. The van der Waals surface area contributed by atoms with E-state index in [0.717, 1.165) is 31.3 Å². The van der Waals surface area contributed by atoms with Crippen LogP contribution < -0.4 is 4.90 Å². The van der Waals surface area contributed by atoms with Crippen molar-refractivity contribution in [2.75, 3.05) is 24.5 Å². The Bertz CT molecular complexity index is 472. The Morgan fingerprint density at radius 1 is 1.06 bits per heavy atom. The van der Waals surface area contributed by atoms with Crippen LogP contribution in [-0.4, -0.2) is 30.5 Å². The van der Waals surface area contributed by atoms with E-state index in [-0.39, 0.29) is 5.82 Å². The molecule has 2 heterocycles. The van der Waals surface area contributed by atoms with Crippen molar-refractivity contribution >= 4 is 11.6 Å². The molecule has 0 spiro atoms. The maximum atomic E-state index is 13.0. The van der Waals surface area contributed by atoms with Gasteiger partial charge in [0.1, 0.15) is 5.82 Å². The van der Waals surface area contributed by atoms with Gasteiger partial charge in [0.2, 0.25) is 5.96 Å². The fourth-order valence-corrected chi connectivity index (χ4v) is 2.43. The third-order valence-electron chi connectivity index (χ3n) is 3.35. The molecule has 1 saturated heterocycles. The molecule has 0 radical (unpaired) electrons. The zero-order chi connectivity index (χ0) is 12.4. The van der Waals surface area contributed by atoms with Crippen molar-refractivity contribution in [3.63, 3.8) is 0 Å². The normalized spacial score (nSPS) is 19.3. The number of rotatable bonds is 1. The third-order valence-corrected chi connectivity index (χ3v) is 3.35. The summed E-state index contributed by atoms with van der Waals surface area (Å²) in [5, 5.41) is 0. The second-order valence-corrected chi connectivity index (χ2v) is 4.60. The van der Waals surface area contributed by atoms with Gasteiger partial charge in [0.25, 0.3) is 0 Å². The van der Waals surface area contributed by atoms with Gasteiger partial charge < -0.3 is 9.80 Å². The van der Waals surface area contributed by atoms with E-state index in [9.17, 15) is 4.39 Å². The highest BCUT2D eigenvalue weighted by Crippen LogP contribution is 2.21. The molecule has 0 aromatic heterocycles. The van der Waals surface area contributed by atoms with Crippen molar-refractivity contribution in [1.82, 2.24) is 4.90 Å². The standard InChI is InChI=1S/C14H16FN3/c15-12-4-6-13(7-5-12)18-11-3-8-16-14(18)17-9-1-2-10-17/h3-8H,1-2,9-11H2. The minimum Gasteiger partial charge on any atom is -0.342 e. The fraction of sp³-hybridized carbons (Fsp3) is 0.357. The monoisotopic (exact) mass is 245 g/mol. The van der Waals surface area contributed by atoms with Crippen molar-refractivity contribution in [2.45, 2.75) is 12.8 Å². The Morgan fingerprint density at radius 2 is 1.78 bits per heavy atom. The van der Waals surface area contributed by atoms with Crippen molar-refractivity contribution in [3.05, 3.63) is 42.4 Å². The molecule has 2 aliphatic rings. The number of nitrogens with zero attached hydrogens (tertiary/aromatic N) is 3. The molecule has 2 aliphatic heterocycles. The van der Waals surface area contributed by atoms with Crippen LogP contribution in [0.3, 0.4) is 0 Å². The molecule has 0 N–H and O–H groups in total. The lowest BCUT2D eigenvalue weighted by atomic mass is 10.2. The molecule has 0 bridgehead atoms. The lowest BCUT2D eigenvalue weighted by Gasteiger charge is -2.32. The predicted octanol–water partition coefficient (Wildman–Crippen LogP) is 2.61. The molecular formula is C14H16FN3. The largest absolute Gasteiger partial charge is 0.342 e. The van der Waals surface area contributed by atoms with E-state index in [4.69, 9.17) is 0 Å². The molecule has 1 aromatic rings. The van der Waals surface area contributed by atoms with Gasteiger partial charge in [0.05, 0.1) is 0 Å². The molecule has 0 atom stereocenters. The Kier molecular flexibility index (Phi) is 3.00. The SMILES string of the molecule is Fc1ccc(N2CC=CN=C2N2CCCC2)cc1. The zero-order valence-corrected chi connectivity index (χ0v) is 10.2. The van der Waals surface area contributed by atoms with E-state index >= 15 is 0 Å². The number of aliphatic imine (C=N–C) groups is 1. The molecule has 1 fully saturated rings. The highest BCUT2D eigenvalue weighted by molar-refractivity contribution is 5.97. The Balaban J connectivity index is 1.88. The van der Waals surface area contributed by atoms with Crippen LogP contribution in [0.4, 0.5) is 10.1 Å². The molecular weight excluding hydrogens is 229 g/mol. The minimum atomic E-state index is -0.203. The number of likely N-dealkylation sites (tertiary alicyclic amines) is 1. The zero-order valence-electron chi connectivity index (χ0n) is 10.2. The van der Waals surface area contributed by atoms with Crippen molar-refractivity contribution in [3.8, 4) is 0 Å².